The van der Waals surface area contributed by atoms with E-state index in [1.807, 2.05) is 0 Å². The van der Waals surface area contributed by atoms with Crippen molar-refractivity contribution in [1.82, 2.24) is 9.80 Å². The van der Waals surface area contributed by atoms with Crippen molar-refractivity contribution < 1.29 is 18.8 Å². The van der Waals surface area contributed by atoms with Gasteiger partial charge < -0.3 is 14.7 Å². The Hall–Kier alpha value is -3.48. The van der Waals surface area contributed by atoms with Crippen LogP contribution < -0.4 is 4.90 Å². The summed E-state index contributed by atoms with van der Waals surface area (Å²) in [6, 6.07) is 12.6. The van der Waals surface area contributed by atoms with Crippen molar-refractivity contribution in [3.63, 3.8) is 0 Å². The summed E-state index contributed by atoms with van der Waals surface area (Å²) in [6.07, 6.45) is 1.22. The minimum atomic E-state index is -0.545. The van der Waals surface area contributed by atoms with Crippen LogP contribution in [0.15, 0.2) is 61.2 Å². The molecule has 1 heterocycles. The molecule has 2 aromatic carbocycles. The van der Waals surface area contributed by atoms with Crippen molar-refractivity contribution in [2.24, 2.45) is 0 Å². The maximum atomic E-state index is 13.8. The minimum absolute atomic E-state index is 0.0426. The molecule has 1 saturated heterocycles. The molecule has 7 heteroatoms. The summed E-state index contributed by atoms with van der Waals surface area (Å²) in [4.78, 5) is 41.6. The average Bonchev–Trinajstić information content (AvgIpc) is 2.77. The number of halogens is 1. The monoisotopic (exact) mass is 395 g/mol. The number of benzene rings is 2. The van der Waals surface area contributed by atoms with Crippen LogP contribution in [0.4, 0.5) is 10.1 Å². The molecule has 1 fully saturated rings. The lowest BCUT2D eigenvalue weighted by Gasteiger charge is -2.35. The number of likely N-dealkylation sites (N-methyl/N-ethyl adjacent to an activating group) is 1. The van der Waals surface area contributed by atoms with Gasteiger partial charge in [-0.25, -0.2) is 4.39 Å². The van der Waals surface area contributed by atoms with Gasteiger partial charge in [0.2, 0.25) is 5.91 Å². The number of carbonyl (C=O) groups is 3. The minimum Gasteiger partial charge on any atom is -0.335 e. The van der Waals surface area contributed by atoms with E-state index in [-0.39, 0.29) is 23.3 Å². The van der Waals surface area contributed by atoms with Gasteiger partial charge >= 0.3 is 0 Å². The standard InChI is InChI=1S/C22H22FN3O3/c1-3-20(27)24(2)17-10-8-16(9-11-17)21(28)25-12-14-26(15-13-25)22(29)18-6-4-5-7-19(18)23/h3-11H,1,12-15H2,2H3. The molecule has 6 nitrogen and oxygen atoms in total. The van der Waals surface area contributed by atoms with E-state index in [2.05, 4.69) is 6.58 Å². The molecule has 1 aliphatic rings. The predicted octanol–water partition coefficient (Wildman–Crippen LogP) is 2.57. The summed E-state index contributed by atoms with van der Waals surface area (Å²) in [5, 5.41) is 0. The molecular formula is C22H22FN3O3. The summed E-state index contributed by atoms with van der Waals surface area (Å²) in [6.45, 7) is 4.88. The number of rotatable bonds is 4. The average molecular weight is 395 g/mol. The van der Waals surface area contributed by atoms with E-state index in [1.54, 1.807) is 53.2 Å². The fourth-order valence-corrected chi connectivity index (χ4v) is 3.19. The summed E-state index contributed by atoms with van der Waals surface area (Å²) < 4.78 is 13.8. The molecule has 0 bridgehead atoms. The lowest BCUT2D eigenvalue weighted by atomic mass is 10.1. The molecule has 150 valence electrons. The highest BCUT2D eigenvalue weighted by molar-refractivity contribution is 6.01. The number of nitrogens with zero attached hydrogens (tertiary/aromatic N) is 3. The van der Waals surface area contributed by atoms with Crippen LogP contribution in [0.5, 0.6) is 0 Å². The first kappa shape index (κ1) is 20.3. The molecule has 0 saturated carbocycles. The molecule has 0 spiro atoms. The van der Waals surface area contributed by atoms with Gasteiger partial charge in [0.05, 0.1) is 5.56 Å². The first-order valence-corrected chi connectivity index (χ1v) is 9.25. The van der Waals surface area contributed by atoms with E-state index >= 15 is 0 Å². The zero-order valence-corrected chi connectivity index (χ0v) is 16.2. The van der Waals surface area contributed by atoms with Crippen molar-refractivity contribution in [3.05, 3.63) is 78.1 Å². The van der Waals surface area contributed by atoms with Crippen molar-refractivity contribution in [3.8, 4) is 0 Å². The van der Waals surface area contributed by atoms with Crippen LogP contribution in [0.1, 0.15) is 20.7 Å². The second kappa shape index (κ2) is 8.68. The molecular weight excluding hydrogens is 373 g/mol. The molecule has 2 aromatic rings. The summed E-state index contributed by atoms with van der Waals surface area (Å²) >= 11 is 0. The SMILES string of the molecule is C=CC(=O)N(C)c1ccc(C(=O)N2CCN(C(=O)c3ccccc3F)CC2)cc1. The molecule has 29 heavy (non-hydrogen) atoms. The molecule has 0 radical (unpaired) electrons. The first-order chi connectivity index (χ1) is 13.9. The van der Waals surface area contributed by atoms with Crippen LogP contribution in [0.25, 0.3) is 0 Å². The van der Waals surface area contributed by atoms with Gasteiger partial charge in [-0.05, 0) is 42.5 Å². The number of hydrogen-bond acceptors (Lipinski definition) is 3. The number of piperazine rings is 1. The van der Waals surface area contributed by atoms with Gasteiger partial charge in [-0.3, -0.25) is 14.4 Å². The molecule has 0 N–H and O–H groups in total. The largest absolute Gasteiger partial charge is 0.335 e. The van der Waals surface area contributed by atoms with E-state index in [0.29, 0.717) is 37.4 Å². The predicted molar refractivity (Wildman–Crippen MR) is 108 cm³/mol. The highest BCUT2D eigenvalue weighted by atomic mass is 19.1. The van der Waals surface area contributed by atoms with Crippen LogP contribution in [-0.2, 0) is 4.79 Å². The molecule has 1 aliphatic heterocycles. The summed E-state index contributed by atoms with van der Waals surface area (Å²) in [5.41, 5.74) is 1.20. The topological polar surface area (TPSA) is 60.9 Å². The van der Waals surface area contributed by atoms with Gasteiger partial charge in [0.1, 0.15) is 5.82 Å². The van der Waals surface area contributed by atoms with Crippen molar-refractivity contribution in [1.29, 1.82) is 0 Å². The Morgan fingerprint density at radius 1 is 0.931 bits per heavy atom. The zero-order chi connectivity index (χ0) is 21.0. The van der Waals surface area contributed by atoms with E-state index in [4.69, 9.17) is 0 Å². The van der Waals surface area contributed by atoms with Crippen LogP contribution >= 0.6 is 0 Å². The lowest BCUT2D eigenvalue weighted by Crippen LogP contribution is -2.50. The normalized spacial score (nSPS) is 13.7. The van der Waals surface area contributed by atoms with Gasteiger partial charge in [-0.1, -0.05) is 18.7 Å². The fourth-order valence-electron chi connectivity index (χ4n) is 3.19. The number of hydrogen-bond donors (Lipinski definition) is 0. The van der Waals surface area contributed by atoms with Gasteiger partial charge in [-0.2, -0.15) is 0 Å². The second-order valence-electron chi connectivity index (χ2n) is 6.71. The first-order valence-electron chi connectivity index (χ1n) is 9.25. The van der Waals surface area contributed by atoms with Crippen LogP contribution in [-0.4, -0.2) is 60.7 Å². The third-order valence-corrected chi connectivity index (χ3v) is 4.97. The second-order valence-corrected chi connectivity index (χ2v) is 6.71. The molecule has 0 aromatic heterocycles. The van der Waals surface area contributed by atoms with Crippen molar-refractivity contribution in [2.75, 3.05) is 38.1 Å². The van der Waals surface area contributed by atoms with Gasteiger partial charge in [0, 0.05) is 44.5 Å². The van der Waals surface area contributed by atoms with E-state index < -0.39 is 5.82 Å². The van der Waals surface area contributed by atoms with E-state index in [1.165, 1.54) is 23.1 Å². The lowest BCUT2D eigenvalue weighted by molar-refractivity contribution is -0.113. The third kappa shape index (κ3) is 4.34. The smallest absolute Gasteiger partial charge is 0.256 e. The molecule has 0 aliphatic carbocycles. The molecule has 3 rings (SSSR count). The Balaban J connectivity index is 1.61. The van der Waals surface area contributed by atoms with Gasteiger partial charge in [0.15, 0.2) is 0 Å². The Morgan fingerprint density at radius 3 is 2.03 bits per heavy atom. The highest BCUT2D eigenvalue weighted by Gasteiger charge is 2.26. The highest BCUT2D eigenvalue weighted by Crippen LogP contribution is 2.17. The summed E-state index contributed by atoms with van der Waals surface area (Å²) in [7, 11) is 1.63. The Morgan fingerprint density at radius 2 is 1.48 bits per heavy atom. The number of amides is 3. The quantitative estimate of drug-likeness (QED) is 0.748. The molecule has 3 amide bonds. The molecule has 0 atom stereocenters. The Bertz CT molecular complexity index is 935. The van der Waals surface area contributed by atoms with Crippen LogP contribution in [0.3, 0.4) is 0 Å². The van der Waals surface area contributed by atoms with Crippen LogP contribution in [0, 0.1) is 5.82 Å². The summed E-state index contributed by atoms with van der Waals surface area (Å²) in [5.74, 6) is -1.29. The van der Waals surface area contributed by atoms with E-state index in [9.17, 15) is 18.8 Å². The van der Waals surface area contributed by atoms with Crippen molar-refractivity contribution in [2.45, 2.75) is 0 Å². The molecule has 0 unspecified atom stereocenters. The third-order valence-electron chi connectivity index (χ3n) is 4.97. The maximum absolute atomic E-state index is 13.8. The fraction of sp³-hybridized carbons (Fsp3) is 0.227. The Kier molecular flexibility index (Phi) is 6.07. The maximum Gasteiger partial charge on any atom is 0.256 e. The van der Waals surface area contributed by atoms with Gasteiger partial charge in [0.25, 0.3) is 11.8 Å². The van der Waals surface area contributed by atoms with Crippen LogP contribution in [0.2, 0.25) is 0 Å². The van der Waals surface area contributed by atoms with Gasteiger partial charge in [-0.15, -0.1) is 0 Å². The number of carbonyl (C=O) groups excluding carboxylic acids is 3. The van der Waals surface area contributed by atoms with Crippen molar-refractivity contribution >= 4 is 23.4 Å². The zero-order valence-electron chi connectivity index (χ0n) is 16.2. The van der Waals surface area contributed by atoms with E-state index in [0.717, 1.165) is 0 Å². The Labute approximate surface area is 168 Å². The number of anilines is 1.